The average Bonchev–Trinajstić information content (AvgIpc) is 3.29. The van der Waals surface area contributed by atoms with Gasteiger partial charge >= 0.3 is 0 Å². The van der Waals surface area contributed by atoms with E-state index >= 15 is 0 Å². The standard InChI is InChI=1S/C31H35NO3/c1-5-7-8-11-16-32-29(33)17-21(3)26-19-27-28(20-35-31(27)22(4)30(26)34-6-2)25-15-14-23-12-9-10-13-24(23)18-25/h9-10,12-15,17-20H,5-8,11,16H2,1-4H3,(H,32,33)/b21-17+. The van der Waals surface area contributed by atoms with Crippen LogP contribution in [-0.2, 0) is 4.79 Å². The Hall–Kier alpha value is -3.53. The highest BCUT2D eigenvalue weighted by Gasteiger charge is 2.19. The van der Waals surface area contributed by atoms with Crippen molar-refractivity contribution in [2.75, 3.05) is 13.2 Å². The van der Waals surface area contributed by atoms with Crippen LogP contribution in [-0.4, -0.2) is 19.1 Å². The molecule has 1 aromatic heterocycles. The molecule has 0 fully saturated rings. The number of hydrogen-bond donors (Lipinski definition) is 1. The van der Waals surface area contributed by atoms with Crippen LogP contribution in [0.3, 0.4) is 0 Å². The van der Waals surface area contributed by atoms with Gasteiger partial charge < -0.3 is 14.5 Å². The van der Waals surface area contributed by atoms with Crippen molar-refractivity contribution >= 4 is 33.2 Å². The molecule has 0 saturated heterocycles. The van der Waals surface area contributed by atoms with E-state index in [0.29, 0.717) is 13.2 Å². The number of unbranched alkanes of at least 4 members (excludes halogenated alkanes) is 3. The Balaban J connectivity index is 1.72. The Morgan fingerprint density at radius 3 is 2.60 bits per heavy atom. The molecule has 0 unspecified atom stereocenters. The van der Waals surface area contributed by atoms with Gasteiger partial charge in [0.15, 0.2) is 0 Å². The van der Waals surface area contributed by atoms with E-state index in [1.165, 1.54) is 23.6 Å². The molecule has 0 atom stereocenters. The number of furan rings is 1. The maximum atomic E-state index is 12.6. The van der Waals surface area contributed by atoms with Crippen LogP contribution in [0, 0.1) is 6.92 Å². The predicted molar refractivity (Wildman–Crippen MR) is 146 cm³/mol. The Labute approximate surface area is 208 Å². The van der Waals surface area contributed by atoms with Gasteiger partial charge in [0.05, 0.1) is 12.9 Å². The lowest BCUT2D eigenvalue weighted by atomic mass is 9.95. The lowest BCUT2D eigenvalue weighted by molar-refractivity contribution is -0.116. The molecular formula is C31H35NO3. The summed E-state index contributed by atoms with van der Waals surface area (Å²) in [5.41, 5.74) is 5.68. The van der Waals surface area contributed by atoms with Crippen molar-refractivity contribution in [1.82, 2.24) is 5.32 Å². The number of allylic oxidation sites excluding steroid dienone is 1. The van der Waals surface area contributed by atoms with Gasteiger partial charge in [-0.05, 0) is 61.2 Å². The highest BCUT2D eigenvalue weighted by molar-refractivity contribution is 6.02. The monoisotopic (exact) mass is 469 g/mol. The molecule has 4 rings (SSSR count). The van der Waals surface area contributed by atoms with E-state index in [1.807, 2.05) is 27.0 Å². The third kappa shape index (κ3) is 5.43. The SMILES string of the molecule is CCCCCCNC(=O)/C=C(\C)c1cc2c(-c3ccc4ccccc4c3)coc2c(C)c1OCC. The predicted octanol–water partition coefficient (Wildman–Crippen LogP) is 8.06. The minimum atomic E-state index is -0.0684. The summed E-state index contributed by atoms with van der Waals surface area (Å²) in [6.07, 6.45) is 8.03. The molecule has 4 aromatic rings. The molecule has 1 amide bonds. The van der Waals surface area contributed by atoms with Gasteiger partial charge in [0.1, 0.15) is 11.3 Å². The van der Waals surface area contributed by atoms with Crippen LogP contribution < -0.4 is 10.1 Å². The van der Waals surface area contributed by atoms with Gasteiger partial charge in [-0.25, -0.2) is 0 Å². The van der Waals surface area contributed by atoms with E-state index in [1.54, 1.807) is 6.08 Å². The molecule has 4 nitrogen and oxygen atoms in total. The zero-order chi connectivity index (χ0) is 24.8. The Morgan fingerprint density at radius 1 is 1.03 bits per heavy atom. The van der Waals surface area contributed by atoms with Crippen LogP contribution in [0.4, 0.5) is 0 Å². The first kappa shape index (κ1) is 24.6. The molecule has 1 N–H and O–H groups in total. The number of fused-ring (bicyclic) bond motifs is 2. The minimum Gasteiger partial charge on any atom is -0.493 e. The van der Waals surface area contributed by atoms with Crippen molar-refractivity contribution < 1.29 is 13.9 Å². The fourth-order valence-corrected chi connectivity index (χ4v) is 4.61. The maximum Gasteiger partial charge on any atom is 0.244 e. The van der Waals surface area contributed by atoms with Crippen LogP contribution in [0.1, 0.15) is 57.6 Å². The molecule has 3 aromatic carbocycles. The Morgan fingerprint density at radius 2 is 1.83 bits per heavy atom. The molecule has 0 aliphatic rings. The van der Waals surface area contributed by atoms with E-state index < -0.39 is 0 Å². The summed E-state index contributed by atoms with van der Waals surface area (Å²) in [5.74, 6) is 0.699. The van der Waals surface area contributed by atoms with Gasteiger partial charge in [0.25, 0.3) is 0 Å². The molecule has 0 aliphatic heterocycles. The molecule has 35 heavy (non-hydrogen) atoms. The number of amides is 1. The van der Waals surface area contributed by atoms with Crippen LogP contribution >= 0.6 is 0 Å². The van der Waals surface area contributed by atoms with Gasteiger partial charge in [0.2, 0.25) is 5.91 Å². The number of ether oxygens (including phenoxy) is 1. The first-order valence-electron chi connectivity index (χ1n) is 12.7. The molecule has 0 saturated carbocycles. The number of hydrogen-bond acceptors (Lipinski definition) is 3. The van der Waals surface area contributed by atoms with Crippen LogP contribution in [0.25, 0.3) is 38.4 Å². The van der Waals surface area contributed by atoms with Crippen molar-refractivity contribution in [2.45, 2.75) is 53.4 Å². The van der Waals surface area contributed by atoms with Gasteiger partial charge in [-0.2, -0.15) is 0 Å². The van der Waals surface area contributed by atoms with Crippen molar-refractivity contribution in [3.05, 3.63) is 72.0 Å². The quantitative estimate of drug-likeness (QED) is 0.189. The van der Waals surface area contributed by atoms with Crippen molar-refractivity contribution in [2.24, 2.45) is 0 Å². The minimum absolute atomic E-state index is 0.0684. The van der Waals surface area contributed by atoms with E-state index in [2.05, 4.69) is 60.8 Å². The highest BCUT2D eigenvalue weighted by atomic mass is 16.5. The molecular weight excluding hydrogens is 434 g/mol. The lowest BCUT2D eigenvalue weighted by Crippen LogP contribution is -2.22. The topological polar surface area (TPSA) is 51.5 Å². The summed E-state index contributed by atoms with van der Waals surface area (Å²) in [6, 6.07) is 16.9. The normalized spacial score (nSPS) is 11.8. The van der Waals surface area contributed by atoms with Gasteiger partial charge in [-0.15, -0.1) is 0 Å². The summed E-state index contributed by atoms with van der Waals surface area (Å²) in [5, 5.41) is 6.43. The summed E-state index contributed by atoms with van der Waals surface area (Å²) in [6.45, 7) is 9.38. The molecule has 0 aliphatic carbocycles. The fourth-order valence-electron chi connectivity index (χ4n) is 4.61. The molecule has 0 radical (unpaired) electrons. The van der Waals surface area contributed by atoms with Crippen LogP contribution in [0.2, 0.25) is 0 Å². The van der Waals surface area contributed by atoms with E-state index in [4.69, 9.17) is 9.15 Å². The van der Waals surface area contributed by atoms with Crippen molar-refractivity contribution in [3.63, 3.8) is 0 Å². The zero-order valence-corrected chi connectivity index (χ0v) is 21.2. The molecule has 0 bridgehead atoms. The summed E-state index contributed by atoms with van der Waals surface area (Å²) in [7, 11) is 0. The van der Waals surface area contributed by atoms with Gasteiger partial charge in [0, 0.05) is 34.7 Å². The van der Waals surface area contributed by atoms with Gasteiger partial charge in [-0.3, -0.25) is 4.79 Å². The molecule has 182 valence electrons. The number of rotatable bonds is 10. The molecule has 4 heteroatoms. The number of aryl methyl sites for hydroxylation is 1. The van der Waals surface area contributed by atoms with E-state index in [-0.39, 0.29) is 5.91 Å². The first-order valence-corrected chi connectivity index (χ1v) is 12.7. The number of carbonyl (C=O) groups is 1. The van der Waals surface area contributed by atoms with Crippen molar-refractivity contribution in [1.29, 1.82) is 0 Å². The third-order valence-electron chi connectivity index (χ3n) is 6.50. The zero-order valence-electron chi connectivity index (χ0n) is 21.2. The highest BCUT2D eigenvalue weighted by Crippen LogP contribution is 2.41. The van der Waals surface area contributed by atoms with Crippen molar-refractivity contribution in [3.8, 4) is 16.9 Å². The Bertz CT molecular complexity index is 1360. The largest absolute Gasteiger partial charge is 0.493 e. The molecule has 1 heterocycles. The number of nitrogens with one attached hydrogen (secondary N) is 1. The van der Waals surface area contributed by atoms with Crippen LogP contribution in [0.15, 0.2) is 65.3 Å². The average molecular weight is 470 g/mol. The smallest absolute Gasteiger partial charge is 0.244 e. The summed E-state index contributed by atoms with van der Waals surface area (Å²) < 4.78 is 12.1. The lowest BCUT2D eigenvalue weighted by Gasteiger charge is -2.15. The number of carbonyl (C=O) groups excluding carboxylic acids is 1. The number of benzene rings is 3. The second kappa shape index (κ2) is 11.3. The van der Waals surface area contributed by atoms with Gasteiger partial charge in [-0.1, -0.05) is 62.6 Å². The fraction of sp³-hybridized carbons (Fsp3) is 0.323. The molecule has 0 spiro atoms. The second-order valence-corrected chi connectivity index (χ2v) is 9.08. The Kier molecular flexibility index (Phi) is 7.91. The van der Waals surface area contributed by atoms with E-state index in [0.717, 1.165) is 57.4 Å². The van der Waals surface area contributed by atoms with E-state index in [9.17, 15) is 4.79 Å². The third-order valence-corrected chi connectivity index (χ3v) is 6.50. The summed E-state index contributed by atoms with van der Waals surface area (Å²) >= 11 is 0. The second-order valence-electron chi connectivity index (χ2n) is 9.08. The summed E-state index contributed by atoms with van der Waals surface area (Å²) in [4.78, 5) is 12.6. The maximum absolute atomic E-state index is 12.6. The van der Waals surface area contributed by atoms with Crippen LogP contribution in [0.5, 0.6) is 5.75 Å². The first-order chi connectivity index (χ1) is 17.0.